The molecule has 0 aliphatic carbocycles. The first-order valence-electron chi connectivity index (χ1n) is 7.55. The molecule has 2 N–H and O–H groups in total. The van der Waals surface area contributed by atoms with Crippen molar-refractivity contribution in [2.24, 2.45) is 0 Å². The van der Waals surface area contributed by atoms with Crippen molar-refractivity contribution in [3.63, 3.8) is 0 Å². The molecule has 0 aliphatic heterocycles. The van der Waals surface area contributed by atoms with Crippen LogP contribution in [0.4, 0.5) is 0 Å². The number of sulfonamides is 2. The third-order valence-corrected chi connectivity index (χ3v) is 5.25. The van der Waals surface area contributed by atoms with E-state index in [0.717, 1.165) is 0 Å². The minimum atomic E-state index is -3.91. The summed E-state index contributed by atoms with van der Waals surface area (Å²) in [6.07, 6.45) is 6.00. The molecule has 0 amide bonds. The Morgan fingerprint density at radius 1 is 0.533 bits per heavy atom. The van der Waals surface area contributed by atoms with Crippen LogP contribution in [0.2, 0.25) is 0 Å². The molecular formula is C16H12N6Na2O4S2. The van der Waals surface area contributed by atoms with Crippen molar-refractivity contribution in [2.45, 2.75) is 9.79 Å². The first-order valence-corrected chi connectivity index (χ1v) is 10.5. The number of fused-ring (bicyclic) bond motifs is 2. The van der Waals surface area contributed by atoms with Gasteiger partial charge in [-0.2, -0.15) is 0 Å². The molecule has 2 aromatic carbocycles. The van der Waals surface area contributed by atoms with Crippen molar-refractivity contribution in [3.8, 4) is 0 Å². The van der Waals surface area contributed by atoms with E-state index in [1.54, 1.807) is 0 Å². The summed E-state index contributed by atoms with van der Waals surface area (Å²) in [5.41, 5.74) is 2.17. The van der Waals surface area contributed by atoms with Gasteiger partial charge in [-0.1, -0.05) is 0 Å². The second-order valence-corrected chi connectivity index (χ2v) is 8.38. The zero-order valence-electron chi connectivity index (χ0n) is 16.0. The SMILES string of the molecule is [NH-]S(=O)(=O)c1ccc2nccnc2c1.[NH-]S(=O)(=O)c1ccc2nccnc2c1.[Na+].[Na+]. The van der Waals surface area contributed by atoms with Crippen LogP contribution in [0.1, 0.15) is 0 Å². The van der Waals surface area contributed by atoms with Crippen LogP contribution in [0.5, 0.6) is 0 Å². The quantitative estimate of drug-likeness (QED) is 0.280. The van der Waals surface area contributed by atoms with Crippen LogP contribution in [0.3, 0.4) is 0 Å². The fourth-order valence-electron chi connectivity index (χ4n) is 2.22. The fourth-order valence-corrected chi connectivity index (χ4v) is 3.25. The maximum absolute atomic E-state index is 10.9. The number of benzene rings is 2. The molecule has 2 aromatic heterocycles. The summed E-state index contributed by atoms with van der Waals surface area (Å²) in [5, 5.41) is 13.7. The number of nitrogens with one attached hydrogen (secondary N) is 2. The van der Waals surface area contributed by atoms with E-state index in [0.29, 0.717) is 22.1 Å². The van der Waals surface area contributed by atoms with Crippen molar-refractivity contribution in [2.75, 3.05) is 0 Å². The van der Waals surface area contributed by atoms with Crippen LogP contribution >= 0.6 is 0 Å². The van der Waals surface area contributed by atoms with E-state index in [2.05, 4.69) is 19.9 Å². The van der Waals surface area contributed by atoms with E-state index in [1.807, 2.05) is 0 Å². The minimum absolute atomic E-state index is 0. The Bertz CT molecular complexity index is 1280. The molecule has 0 unspecified atom stereocenters. The average Bonchev–Trinajstić information content (AvgIpc) is 2.66. The summed E-state index contributed by atoms with van der Waals surface area (Å²) >= 11 is 0. The molecule has 0 bridgehead atoms. The molecule has 2 heterocycles. The van der Waals surface area contributed by atoms with Crippen LogP contribution in [-0.2, 0) is 20.0 Å². The minimum Gasteiger partial charge on any atom is -0.560 e. The number of aromatic nitrogens is 4. The van der Waals surface area contributed by atoms with Crippen LogP contribution in [0.15, 0.2) is 71.0 Å². The number of hydrogen-bond acceptors (Lipinski definition) is 8. The fraction of sp³-hybridized carbons (Fsp3) is 0. The van der Waals surface area contributed by atoms with Crippen molar-refractivity contribution in [1.29, 1.82) is 0 Å². The molecule has 14 heteroatoms. The molecular weight excluding hydrogens is 450 g/mol. The van der Waals surface area contributed by atoms with E-state index in [1.165, 1.54) is 61.2 Å². The monoisotopic (exact) mass is 462 g/mol. The topological polar surface area (TPSA) is 167 Å². The molecule has 0 aliphatic rings. The summed E-state index contributed by atoms with van der Waals surface area (Å²) in [5.74, 6) is 0. The largest absolute Gasteiger partial charge is 1.00 e. The zero-order valence-corrected chi connectivity index (χ0v) is 21.6. The number of hydrogen-bond donors (Lipinski definition) is 0. The van der Waals surface area contributed by atoms with Gasteiger partial charge in [-0.05, 0) is 36.4 Å². The van der Waals surface area contributed by atoms with Gasteiger partial charge in [-0.3, -0.25) is 19.9 Å². The Morgan fingerprint density at radius 3 is 1.13 bits per heavy atom. The molecule has 0 spiro atoms. The van der Waals surface area contributed by atoms with E-state index in [9.17, 15) is 16.8 Å². The second kappa shape index (κ2) is 11.0. The number of nitrogens with zero attached hydrogens (tertiary/aromatic N) is 4. The summed E-state index contributed by atoms with van der Waals surface area (Å²) in [6.45, 7) is 0. The summed E-state index contributed by atoms with van der Waals surface area (Å²) in [7, 11) is -7.82. The Balaban J connectivity index is 0.000000281. The Hall–Kier alpha value is -1.06. The second-order valence-electron chi connectivity index (χ2n) is 5.42. The van der Waals surface area contributed by atoms with Gasteiger partial charge in [0.25, 0.3) is 0 Å². The predicted molar refractivity (Wildman–Crippen MR) is 102 cm³/mol. The van der Waals surface area contributed by atoms with E-state index >= 15 is 0 Å². The third kappa shape index (κ3) is 6.99. The normalized spacial score (nSPS) is 11.0. The van der Waals surface area contributed by atoms with Crippen LogP contribution < -0.4 is 59.1 Å². The standard InChI is InChI=1S/2C8H6N3O2S.2Na/c2*9-14(12,13)6-1-2-7-8(5-6)11-4-3-10-7;;/h2*1-5H,(H-,9,12,13);;/q2*-1;2*+1. The maximum Gasteiger partial charge on any atom is 1.00 e. The summed E-state index contributed by atoms with van der Waals surface area (Å²) in [4.78, 5) is 15.7. The Morgan fingerprint density at radius 2 is 0.833 bits per heavy atom. The molecule has 0 radical (unpaired) electrons. The van der Waals surface area contributed by atoms with Crippen molar-refractivity contribution < 1.29 is 76.0 Å². The van der Waals surface area contributed by atoms with Gasteiger partial charge in [-0.25, -0.2) is 16.8 Å². The molecule has 0 saturated carbocycles. The third-order valence-electron chi connectivity index (χ3n) is 3.50. The van der Waals surface area contributed by atoms with Crippen LogP contribution in [0, 0.1) is 0 Å². The van der Waals surface area contributed by atoms with Gasteiger partial charge in [0.05, 0.1) is 51.9 Å². The van der Waals surface area contributed by atoms with Crippen molar-refractivity contribution >= 4 is 42.1 Å². The molecule has 0 fully saturated rings. The van der Waals surface area contributed by atoms with Gasteiger partial charge in [0.15, 0.2) is 0 Å². The molecule has 0 saturated heterocycles. The van der Waals surface area contributed by atoms with Crippen LogP contribution in [-0.4, -0.2) is 36.8 Å². The van der Waals surface area contributed by atoms with Gasteiger partial charge < -0.3 is 10.3 Å². The molecule has 30 heavy (non-hydrogen) atoms. The zero-order chi connectivity index (χ0) is 20.4. The molecule has 4 aromatic rings. The maximum atomic E-state index is 10.9. The van der Waals surface area contributed by atoms with Gasteiger partial charge in [-0.15, -0.1) is 0 Å². The van der Waals surface area contributed by atoms with E-state index in [4.69, 9.17) is 10.3 Å². The molecule has 144 valence electrons. The first kappa shape index (κ1) is 27.0. The predicted octanol–water partition coefficient (Wildman–Crippen LogP) is -3.25. The first-order chi connectivity index (χ1) is 13.1. The smallest absolute Gasteiger partial charge is 0.560 e. The van der Waals surface area contributed by atoms with Crippen molar-refractivity contribution in [1.82, 2.24) is 19.9 Å². The van der Waals surface area contributed by atoms with E-state index < -0.39 is 20.0 Å². The Labute approximate surface area is 217 Å². The summed E-state index contributed by atoms with van der Waals surface area (Å²) in [6, 6.07) is 8.43. The summed E-state index contributed by atoms with van der Waals surface area (Å²) < 4.78 is 43.6. The molecule has 4 rings (SSSR count). The molecule has 10 nitrogen and oxygen atoms in total. The van der Waals surface area contributed by atoms with Gasteiger partial charge >= 0.3 is 59.1 Å². The molecule has 0 atom stereocenters. The van der Waals surface area contributed by atoms with Gasteiger partial charge in [0, 0.05) is 24.8 Å². The van der Waals surface area contributed by atoms with Crippen LogP contribution in [0.25, 0.3) is 32.3 Å². The average molecular weight is 462 g/mol. The van der Waals surface area contributed by atoms with Crippen molar-refractivity contribution in [3.05, 3.63) is 71.5 Å². The van der Waals surface area contributed by atoms with Gasteiger partial charge in [0.2, 0.25) is 0 Å². The Kier molecular flexibility index (Phi) is 9.89. The number of rotatable bonds is 2. The van der Waals surface area contributed by atoms with E-state index in [-0.39, 0.29) is 68.9 Å². The van der Waals surface area contributed by atoms with Gasteiger partial charge in [0.1, 0.15) is 0 Å².